The molecule has 0 aliphatic carbocycles. The molecule has 4 amide bonds. The third-order valence-electron chi connectivity index (χ3n) is 4.63. The van der Waals surface area contributed by atoms with E-state index in [1.807, 2.05) is 0 Å². The summed E-state index contributed by atoms with van der Waals surface area (Å²) in [7, 11) is 3.15. The number of nitrogens with two attached hydrogens (primary N) is 1. The number of halogens is 1. The summed E-state index contributed by atoms with van der Waals surface area (Å²) in [5.41, 5.74) is 4.95. The highest BCUT2D eigenvalue weighted by Crippen LogP contribution is 2.30. The van der Waals surface area contributed by atoms with Gasteiger partial charge in [-0.2, -0.15) is 0 Å². The topological polar surface area (TPSA) is 105 Å². The molecular weight excluding hydrogens is 360 g/mol. The van der Waals surface area contributed by atoms with Crippen molar-refractivity contribution in [3.63, 3.8) is 0 Å². The van der Waals surface area contributed by atoms with Crippen LogP contribution in [-0.4, -0.2) is 60.9 Å². The van der Waals surface area contributed by atoms with E-state index < -0.39 is 17.5 Å². The predicted molar refractivity (Wildman–Crippen MR) is 99.1 cm³/mol. The summed E-state index contributed by atoms with van der Waals surface area (Å²) >= 11 is 0. The number of carbonyl (C=O) groups excluding carboxylic acids is 3. The molecule has 0 aromatic heterocycles. The highest BCUT2D eigenvalue weighted by atomic mass is 35.5. The maximum Gasteiger partial charge on any atom is 0.325 e. The van der Waals surface area contributed by atoms with Gasteiger partial charge in [0.25, 0.3) is 5.91 Å². The zero-order valence-corrected chi connectivity index (χ0v) is 16.1. The molecule has 1 fully saturated rings. The molecular formula is C17H25ClN4O4. The van der Waals surface area contributed by atoms with Gasteiger partial charge in [0.05, 0.1) is 7.11 Å². The highest BCUT2D eigenvalue weighted by molar-refractivity contribution is 6.09. The standard InChI is InChI=1S/C17H24N4O4.ClH/c1-11(9-18)20(3)14(22)10-21-15(23)17(2,19-16(21)24)12-5-7-13(25-4)8-6-12;/h5-8,11H,9-10,18H2,1-4H3,(H,19,24);1H. The van der Waals surface area contributed by atoms with E-state index in [4.69, 9.17) is 10.5 Å². The molecule has 8 nitrogen and oxygen atoms in total. The molecule has 2 atom stereocenters. The van der Waals surface area contributed by atoms with E-state index >= 15 is 0 Å². The molecule has 144 valence electrons. The molecule has 1 aliphatic rings. The number of carbonyl (C=O) groups is 3. The van der Waals surface area contributed by atoms with Crippen LogP contribution in [-0.2, 0) is 15.1 Å². The molecule has 1 saturated heterocycles. The van der Waals surface area contributed by atoms with Crippen molar-refractivity contribution in [3.05, 3.63) is 29.8 Å². The lowest BCUT2D eigenvalue weighted by atomic mass is 9.92. The summed E-state index contributed by atoms with van der Waals surface area (Å²) in [5, 5.41) is 2.67. The van der Waals surface area contributed by atoms with Gasteiger partial charge in [-0.1, -0.05) is 12.1 Å². The first-order valence-electron chi connectivity index (χ1n) is 7.99. The monoisotopic (exact) mass is 384 g/mol. The average molecular weight is 385 g/mol. The van der Waals surface area contributed by atoms with Gasteiger partial charge in [-0.05, 0) is 31.5 Å². The third-order valence-corrected chi connectivity index (χ3v) is 4.63. The summed E-state index contributed by atoms with van der Waals surface area (Å²) in [6.45, 7) is 3.39. The smallest absolute Gasteiger partial charge is 0.325 e. The lowest BCUT2D eigenvalue weighted by molar-refractivity contribution is -0.139. The van der Waals surface area contributed by atoms with Crippen molar-refractivity contribution in [2.75, 3.05) is 27.2 Å². The fourth-order valence-electron chi connectivity index (χ4n) is 2.61. The minimum atomic E-state index is -1.22. The van der Waals surface area contributed by atoms with Crippen LogP contribution in [0.2, 0.25) is 0 Å². The molecule has 1 heterocycles. The van der Waals surface area contributed by atoms with Gasteiger partial charge in [0.2, 0.25) is 5.91 Å². The second-order valence-electron chi connectivity index (χ2n) is 6.26. The van der Waals surface area contributed by atoms with Crippen LogP contribution in [0, 0.1) is 0 Å². The van der Waals surface area contributed by atoms with Gasteiger partial charge < -0.3 is 20.7 Å². The molecule has 26 heavy (non-hydrogen) atoms. The number of hydrogen-bond donors (Lipinski definition) is 2. The first-order chi connectivity index (χ1) is 11.7. The fraction of sp³-hybridized carbons (Fsp3) is 0.471. The maximum absolute atomic E-state index is 12.8. The van der Waals surface area contributed by atoms with Crippen molar-refractivity contribution in [3.8, 4) is 5.75 Å². The maximum atomic E-state index is 12.8. The lowest BCUT2D eigenvalue weighted by Crippen LogP contribution is -2.47. The Bertz CT molecular complexity index is 682. The number of benzene rings is 1. The van der Waals surface area contributed by atoms with E-state index in [1.54, 1.807) is 52.3 Å². The zero-order valence-electron chi connectivity index (χ0n) is 15.3. The SMILES string of the molecule is COc1ccc(C2(C)NC(=O)N(CC(=O)N(C)C(C)CN)C2=O)cc1.Cl. The van der Waals surface area contributed by atoms with Gasteiger partial charge in [0.15, 0.2) is 0 Å². The molecule has 0 radical (unpaired) electrons. The summed E-state index contributed by atoms with van der Waals surface area (Å²) in [6, 6.07) is 6.08. The number of hydrogen-bond acceptors (Lipinski definition) is 5. The molecule has 0 saturated carbocycles. The molecule has 0 bridgehead atoms. The van der Waals surface area contributed by atoms with E-state index in [0.717, 1.165) is 4.90 Å². The van der Waals surface area contributed by atoms with Crippen LogP contribution in [0.5, 0.6) is 5.75 Å². The van der Waals surface area contributed by atoms with Crippen molar-refractivity contribution in [2.24, 2.45) is 5.73 Å². The van der Waals surface area contributed by atoms with Crippen LogP contribution in [0.3, 0.4) is 0 Å². The number of nitrogens with one attached hydrogen (secondary N) is 1. The van der Waals surface area contributed by atoms with Crippen molar-refractivity contribution in [1.29, 1.82) is 0 Å². The Morgan fingerprint density at radius 1 is 1.35 bits per heavy atom. The second-order valence-corrected chi connectivity index (χ2v) is 6.26. The minimum Gasteiger partial charge on any atom is -0.497 e. The molecule has 3 N–H and O–H groups in total. The summed E-state index contributed by atoms with van der Waals surface area (Å²) < 4.78 is 5.10. The Labute approximate surface area is 159 Å². The minimum absolute atomic E-state index is 0. The molecule has 2 rings (SSSR count). The number of likely N-dealkylation sites (N-methyl/N-ethyl adjacent to an activating group) is 1. The summed E-state index contributed by atoms with van der Waals surface area (Å²) in [5.74, 6) is -0.168. The van der Waals surface area contributed by atoms with Crippen molar-refractivity contribution in [2.45, 2.75) is 25.4 Å². The predicted octanol–water partition coefficient (Wildman–Crippen LogP) is 0.690. The zero-order chi connectivity index (χ0) is 18.8. The number of ether oxygens (including phenoxy) is 1. The van der Waals surface area contributed by atoms with Crippen molar-refractivity contribution in [1.82, 2.24) is 15.1 Å². The molecule has 1 aromatic rings. The average Bonchev–Trinajstić information content (AvgIpc) is 2.84. The van der Waals surface area contributed by atoms with Crippen LogP contribution in [0.4, 0.5) is 4.79 Å². The van der Waals surface area contributed by atoms with Crippen LogP contribution >= 0.6 is 12.4 Å². The van der Waals surface area contributed by atoms with Gasteiger partial charge in [-0.15, -0.1) is 12.4 Å². The van der Waals surface area contributed by atoms with Gasteiger partial charge in [-0.25, -0.2) is 4.79 Å². The molecule has 1 aromatic carbocycles. The second kappa shape index (κ2) is 8.37. The number of imide groups is 1. The van der Waals surface area contributed by atoms with E-state index in [2.05, 4.69) is 5.32 Å². The lowest BCUT2D eigenvalue weighted by Gasteiger charge is -2.26. The van der Waals surface area contributed by atoms with E-state index in [1.165, 1.54) is 4.90 Å². The molecule has 0 spiro atoms. The molecule has 2 unspecified atom stereocenters. The van der Waals surface area contributed by atoms with Crippen LogP contribution in [0.25, 0.3) is 0 Å². The molecule has 9 heteroatoms. The normalized spacial score (nSPS) is 20.3. The Kier molecular flexibility index (Phi) is 7.00. The number of nitrogens with zero attached hydrogens (tertiary/aromatic N) is 2. The largest absolute Gasteiger partial charge is 0.497 e. The number of urea groups is 1. The van der Waals surface area contributed by atoms with Gasteiger partial charge in [0, 0.05) is 19.6 Å². The van der Waals surface area contributed by atoms with Gasteiger partial charge in [-0.3, -0.25) is 14.5 Å². The Balaban J connectivity index is 0.00000338. The fourth-order valence-corrected chi connectivity index (χ4v) is 2.61. The third kappa shape index (κ3) is 3.91. The van der Waals surface area contributed by atoms with Crippen LogP contribution in [0.15, 0.2) is 24.3 Å². The Morgan fingerprint density at radius 2 is 1.92 bits per heavy atom. The van der Waals surface area contributed by atoms with E-state index in [0.29, 0.717) is 17.9 Å². The van der Waals surface area contributed by atoms with Crippen LogP contribution in [0.1, 0.15) is 19.4 Å². The molecule has 1 aliphatic heterocycles. The number of methoxy groups -OCH3 is 1. The van der Waals surface area contributed by atoms with E-state index in [-0.39, 0.29) is 30.9 Å². The van der Waals surface area contributed by atoms with Crippen molar-refractivity contribution < 1.29 is 19.1 Å². The Hall–Kier alpha value is -2.32. The van der Waals surface area contributed by atoms with Gasteiger partial charge >= 0.3 is 6.03 Å². The highest BCUT2D eigenvalue weighted by Gasteiger charge is 2.49. The summed E-state index contributed by atoms with van der Waals surface area (Å²) in [4.78, 5) is 39.7. The van der Waals surface area contributed by atoms with Crippen LogP contribution < -0.4 is 15.8 Å². The quantitative estimate of drug-likeness (QED) is 0.702. The first kappa shape index (κ1) is 21.7. The first-order valence-corrected chi connectivity index (χ1v) is 7.99. The Morgan fingerprint density at radius 3 is 2.42 bits per heavy atom. The van der Waals surface area contributed by atoms with E-state index in [9.17, 15) is 14.4 Å². The summed E-state index contributed by atoms with van der Waals surface area (Å²) in [6.07, 6.45) is 0. The number of rotatable bonds is 6. The van der Waals surface area contributed by atoms with Crippen molar-refractivity contribution >= 4 is 30.3 Å². The number of amides is 4. The van der Waals surface area contributed by atoms with Gasteiger partial charge in [0.1, 0.15) is 17.8 Å².